The molecule has 0 spiro atoms. The minimum atomic E-state index is -2.74. The Labute approximate surface area is 127 Å². The van der Waals surface area contributed by atoms with Gasteiger partial charge in [0.2, 0.25) is 0 Å². The van der Waals surface area contributed by atoms with E-state index in [2.05, 4.69) is 19.4 Å². The molecule has 0 aliphatic heterocycles. The minimum Gasteiger partial charge on any atom is -0.272 e. The Morgan fingerprint density at radius 3 is 2.68 bits per heavy atom. The van der Waals surface area contributed by atoms with Gasteiger partial charge in [0.1, 0.15) is 12.0 Å². The lowest BCUT2D eigenvalue weighted by Crippen LogP contribution is -2.00. The van der Waals surface area contributed by atoms with Crippen LogP contribution in [0.15, 0.2) is 52.4 Å². The summed E-state index contributed by atoms with van der Waals surface area (Å²) in [5.41, 5.74) is 1.47. The van der Waals surface area contributed by atoms with Gasteiger partial charge in [0.05, 0.1) is 27.6 Å². The van der Waals surface area contributed by atoms with Crippen molar-refractivity contribution in [1.82, 2.24) is 19.7 Å². The van der Waals surface area contributed by atoms with E-state index >= 15 is 0 Å². The van der Waals surface area contributed by atoms with Gasteiger partial charge in [-0.05, 0) is 18.2 Å². The van der Waals surface area contributed by atoms with E-state index in [0.29, 0.717) is 4.90 Å². The van der Waals surface area contributed by atoms with Crippen LogP contribution in [-0.4, -0.2) is 36.1 Å². The van der Waals surface area contributed by atoms with E-state index in [9.17, 15) is 9.00 Å². The lowest BCUT2D eigenvalue weighted by molar-refractivity contribution is -0.115. The Bertz CT molecular complexity index is 971. The molecule has 0 aliphatic rings. The van der Waals surface area contributed by atoms with E-state index in [1.807, 2.05) is 0 Å². The van der Waals surface area contributed by atoms with Crippen LogP contribution in [0.3, 0.4) is 0 Å². The van der Waals surface area contributed by atoms with Gasteiger partial charge in [0, 0.05) is 29.7 Å². The third-order valence-electron chi connectivity index (χ3n) is 3.03. The zero-order chi connectivity index (χ0) is 15.7. The number of carbonyl (C=O) groups is 1. The first-order chi connectivity index (χ1) is 10.5. The van der Waals surface area contributed by atoms with Crippen LogP contribution in [0, 0.1) is 0 Å². The Morgan fingerprint density at radius 2 is 2.00 bits per heavy atom. The topological polar surface area (TPSA) is 90.1 Å². The van der Waals surface area contributed by atoms with Gasteiger partial charge in [0.15, 0.2) is 0 Å². The molecule has 0 saturated heterocycles. The van der Waals surface area contributed by atoms with E-state index in [4.69, 9.17) is 0 Å². The first-order valence-corrected chi connectivity index (χ1v) is 8.35. The molecule has 0 bridgehead atoms. The van der Waals surface area contributed by atoms with Gasteiger partial charge in [-0.15, -0.1) is 0 Å². The normalized spacial score (nSPS) is 13.7. The number of fused-ring (bicyclic) bond motifs is 1. The summed E-state index contributed by atoms with van der Waals surface area (Å²) in [6, 6.07) is 5.16. The summed E-state index contributed by atoms with van der Waals surface area (Å²) < 4.78 is 17.8. The molecule has 1 aromatic carbocycles. The molecule has 1 unspecified atom stereocenters. The SMILES string of the molecule is CC(=O)N=S(C)(=O)c1ccc2nn(-c3cncnc3)cc2c1. The van der Waals surface area contributed by atoms with Crippen molar-refractivity contribution in [3.63, 3.8) is 0 Å². The maximum absolute atomic E-state index is 12.5. The first kappa shape index (κ1) is 14.3. The average Bonchev–Trinajstić information content (AvgIpc) is 2.90. The minimum absolute atomic E-state index is 0.454. The second-order valence-corrected chi connectivity index (χ2v) is 7.06. The van der Waals surface area contributed by atoms with E-state index < -0.39 is 15.6 Å². The van der Waals surface area contributed by atoms with Gasteiger partial charge < -0.3 is 0 Å². The van der Waals surface area contributed by atoms with Crippen LogP contribution in [0.5, 0.6) is 0 Å². The van der Waals surface area contributed by atoms with Crippen molar-refractivity contribution in [1.29, 1.82) is 0 Å². The Hall–Kier alpha value is -2.61. The highest BCUT2D eigenvalue weighted by molar-refractivity contribution is 7.93. The maximum atomic E-state index is 12.5. The zero-order valence-electron chi connectivity index (χ0n) is 12.0. The molecule has 0 N–H and O–H groups in total. The van der Waals surface area contributed by atoms with Crippen molar-refractivity contribution in [2.75, 3.05) is 6.26 Å². The van der Waals surface area contributed by atoms with Crippen LogP contribution in [0.4, 0.5) is 0 Å². The van der Waals surface area contributed by atoms with Crippen molar-refractivity contribution in [3.05, 3.63) is 43.1 Å². The molecular formula is C14H13N5O2S. The third kappa shape index (κ3) is 2.73. The summed E-state index contributed by atoms with van der Waals surface area (Å²) in [4.78, 5) is 19.5. The Balaban J connectivity index is 2.12. The van der Waals surface area contributed by atoms with Crippen molar-refractivity contribution in [2.45, 2.75) is 11.8 Å². The van der Waals surface area contributed by atoms with Crippen molar-refractivity contribution in [3.8, 4) is 5.69 Å². The standard InChI is InChI=1S/C14H13N5O2S/c1-10(20)18-22(2,21)13-3-4-14-11(5-13)8-19(17-14)12-6-15-9-16-7-12/h3-9H,1-2H3. The molecule has 2 aromatic heterocycles. The van der Waals surface area contributed by atoms with Crippen LogP contribution < -0.4 is 0 Å². The molecule has 8 heteroatoms. The number of rotatable bonds is 2. The molecule has 1 amide bonds. The molecule has 0 radical (unpaired) electrons. The van der Waals surface area contributed by atoms with E-state index in [1.54, 1.807) is 41.5 Å². The fraction of sp³-hybridized carbons (Fsp3) is 0.143. The predicted octanol–water partition coefficient (Wildman–Crippen LogP) is 1.82. The number of nitrogens with zero attached hydrogens (tertiary/aromatic N) is 5. The van der Waals surface area contributed by atoms with Gasteiger partial charge >= 0.3 is 0 Å². The number of hydrogen-bond acceptors (Lipinski definition) is 5. The summed E-state index contributed by atoms with van der Waals surface area (Å²) >= 11 is 0. The largest absolute Gasteiger partial charge is 0.272 e. The lowest BCUT2D eigenvalue weighted by atomic mass is 10.3. The summed E-state index contributed by atoms with van der Waals surface area (Å²) in [6.45, 7) is 1.29. The Kier molecular flexibility index (Phi) is 3.45. The molecule has 2 heterocycles. The molecule has 0 fully saturated rings. The van der Waals surface area contributed by atoms with E-state index in [-0.39, 0.29) is 0 Å². The maximum Gasteiger partial charge on any atom is 0.250 e. The molecular weight excluding hydrogens is 302 g/mol. The lowest BCUT2D eigenvalue weighted by Gasteiger charge is -2.02. The predicted molar refractivity (Wildman–Crippen MR) is 82.1 cm³/mol. The van der Waals surface area contributed by atoms with Gasteiger partial charge in [-0.1, -0.05) is 0 Å². The number of aromatic nitrogens is 4. The van der Waals surface area contributed by atoms with Gasteiger partial charge in [-0.3, -0.25) is 4.79 Å². The molecule has 1 atom stereocenters. The highest BCUT2D eigenvalue weighted by atomic mass is 32.2. The van der Waals surface area contributed by atoms with E-state index in [0.717, 1.165) is 16.6 Å². The van der Waals surface area contributed by atoms with Crippen LogP contribution in [0.25, 0.3) is 16.6 Å². The fourth-order valence-corrected chi connectivity index (χ4v) is 3.34. The molecule has 0 saturated carbocycles. The van der Waals surface area contributed by atoms with Crippen molar-refractivity contribution in [2.24, 2.45) is 4.36 Å². The molecule has 3 rings (SSSR count). The number of benzene rings is 1. The monoisotopic (exact) mass is 315 g/mol. The van der Waals surface area contributed by atoms with Gasteiger partial charge in [-0.25, -0.2) is 18.9 Å². The van der Waals surface area contributed by atoms with Crippen LogP contribution in [0.1, 0.15) is 6.92 Å². The zero-order valence-corrected chi connectivity index (χ0v) is 12.8. The quantitative estimate of drug-likeness (QED) is 0.719. The molecule has 3 aromatic rings. The number of amides is 1. The summed E-state index contributed by atoms with van der Waals surface area (Å²) in [5.74, 6) is -0.454. The molecule has 22 heavy (non-hydrogen) atoms. The fourth-order valence-electron chi connectivity index (χ4n) is 2.08. The Morgan fingerprint density at radius 1 is 1.27 bits per heavy atom. The molecule has 7 nitrogen and oxygen atoms in total. The molecule has 0 aliphatic carbocycles. The number of carbonyl (C=O) groups excluding carboxylic acids is 1. The molecule has 112 valence electrons. The number of hydrogen-bond donors (Lipinski definition) is 0. The summed E-state index contributed by atoms with van der Waals surface area (Å²) in [6.07, 6.45) is 7.98. The highest BCUT2D eigenvalue weighted by Gasteiger charge is 2.10. The highest BCUT2D eigenvalue weighted by Crippen LogP contribution is 2.20. The van der Waals surface area contributed by atoms with E-state index in [1.165, 1.54) is 19.5 Å². The summed E-state index contributed by atoms with van der Waals surface area (Å²) in [5, 5.41) is 5.21. The van der Waals surface area contributed by atoms with Crippen LogP contribution >= 0.6 is 0 Å². The van der Waals surface area contributed by atoms with Crippen molar-refractivity contribution < 1.29 is 9.00 Å². The summed E-state index contributed by atoms with van der Waals surface area (Å²) in [7, 11) is -2.74. The second kappa shape index (κ2) is 5.30. The van der Waals surface area contributed by atoms with Crippen molar-refractivity contribution >= 4 is 26.5 Å². The van der Waals surface area contributed by atoms with Crippen LogP contribution in [0.2, 0.25) is 0 Å². The average molecular weight is 315 g/mol. The van der Waals surface area contributed by atoms with Gasteiger partial charge in [-0.2, -0.15) is 9.46 Å². The van der Waals surface area contributed by atoms with Crippen LogP contribution in [-0.2, 0) is 14.5 Å². The first-order valence-electron chi connectivity index (χ1n) is 6.43. The smallest absolute Gasteiger partial charge is 0.250 e. The van der Waals surface area contributed by atoms with Gasteiger partial charge in [0.25, 0.3) is 5.91 Å². The third-order valence-corrected chi connectivity index (χ3v) is 4.76. The second-order valence-electron chi connectivity index (χ2n) is 4.80.